The van der Waals surface area contributed by atoms with Crippen LogP contribution in [-0.2, 0) is 11.0 Å². The predicted molar refractivity (Wildman–Crippen MR) is 114 cm³/mol. The lowest BCUT2D eigenvalue weighted by molar-refractivity contribution is -0.137. The predicted octanol–water partition coefficient (Wildman–Crippen LogP) is 4.41. The molecule has 0 spiro atoms. The Kier molecular flexibility index (Phi) is 6.93. The van der Waals surface area contributed by atoms with Crippen LogP contribution < -0.4 is 20.7 Å². The average Bonchev–Trinajstić information content (AvgIpc) is 2.79. The Balaban J connectivity index is 1.61. The lowest BCUT2D eigenvalue weighted by atomic mass is 10.2. The summed E-state index contributed by atoms with van der Waals surface area (Å²) in [5, 5.41) is 7.97. The molecule has 32 heavy (non-hydrogen) atoms. The Labute approximate surface area is 181 Å². The van der Waals surface area contributed by atoms with E-state index in [0.717, 1.165) is 12.1 Å². The number of rotatable bonds is 7. The highest BCUT2D eigenvalue weighted by Gasteiger charge is 2.30. The van der Waals surface area contributed by atoms with E-state index in [4.69, 9.17) is 4.74 Å². The van der Waals surface area contributed by atoms with Gasteiger partial charge in [0.15, 0.2) is 0 Å². The molecule has 3 N–H and O–H groups in total. The third-order valence-electron chi connectivity index (χ3n) is 4.30. The number of alkyl halides is 3. The molecule has 10 heteroatoms. The number of nitrogens with one attached hydrogen (secondary N) is 3. The van der Waals surface area contributed by atoms with E-state index >= 15 is 0 Å². The van der Waals surface area contributed by atoms with Crippen LogP contribution in [0.2, 0.25) is 0 Å². The number of carbonyl (C=O) groups is 2. The maximum atomic E-state index is 12.8. The number of aromatic nitrogens is 1. The van der Waals surface area contributed by atoms with Crippen LogP contribution in [-0.4, -0.2) is 30.5 Å². The number of carbonyl (C=O) groups excluding carboxylic acids is 2. The number of amides is 2. The van der Waals surface area contributed by atoms with Crippen molar-refractivity contribution in [2.75, 3.05) is 29.6 Å². The Hall–Kier alpha value is -4.08. The van der Waals surface area contributed by atoms with Crippen LogP contribution in [0.15, 0.2) is 67.0 Å². The molecule has 0 atom stereocenters. The molecule has 7 nitrogen and oxygen atoms in total. The number of hydrogen-bond acceptors (Lipinski definition) is 5. The van der Waals surface area contributed by atoms with Crippen molar-refractivity contribution >= 4 is 28.9 Å². The minimum atomic E-state index is -4.47. The molecular formula is C22H19F3N4O3. The first kappa shape index (κ1) is 22.6. The summed E-state index contributed by atoms with van der Waals surface area (Å²) in [6.45, 7) is -0.247. The van der Waals surface area contributed by atoms with Crippen molar-refractivity contribution in [3.05, 3.63) is 78.1 Å². The average molecular weight is 444 g/mol. The number of ether oxygens (including phenoxy) is 1. The van der Waals surface area contributed by atoms with Crippen LogP contribution in [0.3, 0.4) is 0 Å². The van der Waals surface area contributed by atoms with Crippen LogP contribution in [0, 0.1) is 0 Å². The highest BCUT2D eigenvalue weighted by molar-refractivity contribution is 6.05. The van der Waals surface area contributed by atoms with E-state index in [1.807, 2.05) is 0 Å². The van der Waals surface area contributed by atoms with Crippen molar-refractivity contribution in [3.63, 3.8) is 0 Å². The molecule has 0 aliphatic rings. The van der Waals surface area contributed by atoms with Gasteiger partial charge in [-0.1, -0.05) is 6.07 Å². The van der Waals surface area contributed by atoms with E-state index in [1.54, 1.807) is 30.5 Å². The first-order chi connectivity index (χ1) is 15.3. The Morgan fingerprint density at radius 3 is 2.50 bits per heavy atom. The largest absolute Gasteiger partial charge is 0.494 e. The van der Waals surface area contributed by atoms with Gasteiger partial charge in [-0.3, -0.25) is 14.6 Å². The van der Waals surface area contributed by atoms with Gasteiger partial charge in [-0.05, 0) is 42.5 Å². The molecule has 0 unspecified atom stereocenters. The number of methoxy groups -OCH3 is 1. The Morgan fingerprint density at radius 2 is 1.81 bits per heavy atom. The van der Waals surface area contributed by atoms with Gasteiger partial charge >= 0.3 is 6.18 Å². The van der Waals surface area contributed by atoms with Gasteiger partial charge in [-0.15, -0.1) is 0 Å². The summed E-state index contributed by atoms with van der Waals surface area (Å²) in [6.07, 6.45) is -1.49. The molecule has 166 valence electrons. The zero-order valence-corrected chi connectivity index (χ0v) is 16.9. The Morgan fingerprint density at radius 1 is 1.00 bits per heavy atom. The highest BCUT2D eigenvalue weighted by atomic mass is 19.4. The van der Waals surface area contributed by atoms with E-state index in [1.165, 1.54) is 31.5 Å². The quantitative estimate of drug-likeness (QED) is 0.502. The van der Waals surface area contributed by atoms with Gasteiger partial charge in [-0.2, -0.15) is 13.2 Å². The summed E-state index contributed by atoms with van der Waals surface area (Å²) in [6, 6.07) is 12.5. The molecule has 0 bridgehead atoms. The fourth-order valence-corrected chi connectivity index (χ4v) is 2.76. The number of anilines is 3. The lowest BCUT2D eigenvalue weighted by Gasteiger charge is -2.13. The first-order valence-electron chi connectivity index (χ1n) is 9.36. The van der Waals surface area contributed by atoms with Crippen LogP contribution in [0.5, 0.6) is 5.75 Å². The zero-order chi connectivity index (χ0) is 23.1. The molecule has 0 radical (unpaired) electrons. The maximum Gasteiger partial charge on any atom is 0.416 e. The van der Waals surface area contributed by atoms with Gasteiger partial charge in [0, 0.05) is 29.8 Å². The standard InChI is InChI=1S/C22H19F3N4O3/c1-32-19-11-17(7-8-18(19)29-21(31)14-4-3-9-26-12-14)28-20(30)13-27-16-6-2-5-15(10-16)22(23,24)25/h2-12,27H,13H2,1H3,(H,28,30)(H,29,31). The molecule has 0 aliphatic carbocycles. The second-order valence-electron chi connectivity index (χ2n) is 6.59. The van der Waals surface area contributed by atoms with Crippen molar-refractivity contribution < 1.29 is 27.5 Å². The van der Waals surface area contributed by atoms with Crippen LogP contribution in [0.4, 0.5) is 30.2 Å². The van der Waals surface area contributed by atoms with Gasteiger partial charge in [0.05, 0.1) is 30.5 Å². The summed E-state index contributed by atoms with van der Waals surface area (Å²) in [7, 11) is 1.41. The smallest absolute Gasteiger partial charge is 0.416 e. The van der Waals surface area contributed by atoms with E-state index in [2.05, 4.69) is 20.9 Å². The van der Waals surface area contributed by atoms with E-state index < -0.39 is 17.6 Å². The van der Waals surface area contributed by atoms with Gasteiger partial charge in [0.1, 0.15) is 5.75 Å². The molecule has 2 amide bonds. The van der Waals surface area contributed by atoms with Gasteiger partial charge in [-0.25, -0.2) is 0 Å². The fraction of sp³-hybridized carbons (Fsp3) is 0.136. The van der Waals surface area contributed by atoms with Gasteiger partial charge < -0.3 is 20.7 Å². The fourth-order valence-electron chi connectivity index (χ4n) is 2.76. The molecule has 0 saturated heterocycles. The second kappa shape index (κ2) is 9.82. The molecule has 1 aromatic heterocycles. The molecule has 0 aliphatic heterocycles. The number of nitrogens with zero attached hydrogens (tertiary/aromatic N) is 1. The molecule has 1 heterocycles. The van der Waals surface area contributed by atoms with Gasteiger partial charge in [0.25, 0.3) is 5.91 Å². The van der Waals surface area contributed by atoms with E-state index in [0.29, 0.717) is 22.7 Å². The lowest BCUT2D eigenvalue weighted by Crippen LogP contribution is -2.22. The second-order valence-corrected chi connectivity index (χ2v) is 6.59. The van der Waals surface area contributed by atoms with Crippen molar-refractivity contribution in [2.24, 2.45) is 0 Å². The molecular weight excluding hydrogens is 425 g/mol. The van der Waals surface area contributed by atoms with Crippen molar-refractivity contribution in [3.8, 4) is 5.75 Å². The zero-order valence-electron chi connectivity index (χ0n) is 16.9. The molecule has 0 fully saturated rings. The molecule has 3 rings (SSSR count). The number of hydrogen-bond donors (Lipinski definition) is 3. The van der Waals surface area contributed by atoms with Crippen LogP contribution in [0.25, 0.3) is 0 Å². The molecule has 2 aromatic carbocycles. The summed E-state index contributed by atoms with van der Waals surface area (Å²) >= 11 is 0. The molecule has 0 saturated carbocycles. The van der Waals surface area contributed by atoms with Crippen molar-refractivity contribution in [1.29, 1.82) is 0 Å². The topological polar surface area (TPSA) is 92.4 Å². The van der Waals surface area contributed by atoms with E-state index in [9.17, 15) is 22.8 Å². The summed E-state index contributed by atoms with van der Waals surface area (Å²) in [4.78, 5) is 28.4. The Bertz CT molecular complexity index is 1110. The summed E-state index contributed by atoms with van der Waals surface area (Å²) < 4.78 is 43.6. The monoisotopic (exact) mass is 444 g/mol. The van der Waals surface area contributed by atoms with Gasteiger partial charge in [0.2, 0.25) is 5.91 Å². The number of benzene rings is 2. The SMILES string of the molecule is COc1cc(NC(=O)CNc2cccc(C(F)(F)F)c2)ccc1NC(=O)c1cccnc1. The number of pyridine rings is 1. The minimum absolute atomic E-state index is 0.168. The van der Waals surface area contributed by atoms with Crippen molar-refractivity contribution in [2.45, 2.75) is 6.18 Å². The summed E-state index contributed by atoms with van der Waals surface area (Å²) in [5.41, 5.74) is 0.503. The number of halogens is 3. The first-order valence-corrected chi connectivity index (χ1v) is 9.36. The third-order valence-corrected chi connectivity index (χ3v) is 4.30. The molecule has 3 aromatic rings. The van der Waals surface area contributed by atoms with Crippen LogP contribution in [0.1, 0.15) is 15.9 Å². The van der Waals surface area contributed by atoms with Crippen LogP contribution >= 0.6 is 0 Å². The highest BCUT2D eigenvalue weighted by Crippen LogP contribution is 2.31. The minimum Gasteiger partial charge on any atom is -0.494 e. The maximum absolute atomic E-state index is 12.8. The van der Waals surface area contributed by atoms with E-state index in [-0.39, 0.29) is 18.1 Å². The normalized spacial score (nSPS) is 10.9. The summed E-state index contributed by atoms with van der Waals surface area (Å²) in [5.74, 6) is -0.541. The third kappa shape index (κ3) is 5.97. The van der Waals surface area contributed by atoms with Crippen molar-refractivity contribution in [1.82, 2.24) is 4.98 Å².